The number of carbonyl (C=O) groups excluding carboxylic acids is 2. The summed E-state index contributed by atoms with van der Waals surface area (Å²) < 4.78 is 50.2. The first kappa shape index (κ1) is 19.7. The van der Waals surface area contributed by atoms with Gasteiger partial charge < -0.3 is 19.5 Å². The van der Waals surface area contributed by atoms with Gasteiger partial charge in [0.1, 0.15) is 12.0 Å². The van der Waals surface area contributed by atoms with Crippen molar-refractivity contribution in [3.63, 3.8) is 0 Å². The SMILES string of the molecule is Cc1conc1C(=O)N[C@@H]1CN(C(=O)COc2ccccc2)C[C@H]1C(F)(F)F. The van der Waals surface area contributed by atoms with Crippen molar-refractivity contribution in [3.05, 3.63) is 47.9 Å². The average molecular weight is 397 g/mol. The van der Waals surface area contributed by atoms with E-state index in [1.807, 2.05) is 0 Å². The summed E-state index contributed by atoms with van der Waals surface area (Å²) in [5.41, 5.74) is 0.321. The number of benzene rings is 1. The number of amides is 2. The topological polar surface area (TPSA) is 84.7 Å². The zero-order valence-corrected chi connectivity index (χ0v) is 14.9. The average Bonchev–Trinajstić information content (AvgIpc) is 3.26. The number of para-hydroxylation sites is 1. The van der Waals surface area contributed by atoms with Crippen LogP contribution in [0.3, 0.4) is 0 Å². The molecule has 2 amide bonds. The Balaban J connectivity index is 1.65. The number of likely N-dealkylation sites (tertiary alicyclic amines) is 1. The number of nitrogens with one attached hydrogen (secondary N) is 1. The smallest absolute Gasteiger partial charge is 0.395 e. The molecule has 150 valence electrons. The monoisotopic (exact) mass is 397 g/mol. The van der Waals surface area contributed by atoms with Crippen molar-refractivity contribution in [1.82, 2.24) is 15.4 Å². The summed E-state index contributed by atoms with van der Waals surface area (Å²) in [5, 5.41) is 5.81. The minimum Gasteiger partial charge on any atom is -0.484 e. The van der Waals surface area contributed by atoms with Crippen molar-refractivity contribution < 1.29 is 32.0 Å². The van der Waals surface area contributed by atoms with Gasteiger partial charge in [0.15, 0.2) is 12.3 Å². The number of halogens is 3. The first-order valence-electron chi connectivity index (χ1n) is 8.50. The molecule has 0 bridgehead atoms. The third kappa shape index (κ3) is 4.44. The maximum atomic E-state index is 13.4. The van der Waals surface area contributed by atoms with Crippen molar-refractivity contribution >= 4 is 11.8 Å². The minimum atomic E-state index is -4.58. The van der Waals surface area contributed by atoms with Crippen LogP contribution in [0.5, 0.6) is 5.75 Å². The number of hydrogen-bond donors (Lipinski definition) is 1. The molecule has 1 aromatic heterocycles. The fraction of sp³-hybridized carbons (Fsp3) is 0.389. The highest BCUT2D eigenvalue weighted by Gasteiger charge is 2.51. The van der Waals surface area contributed by atoms with Crippen LogP contribution in [0.4, 0.5) is 13.2 Å². The third-order valence-corrected chi connectivity index (χ3v) is 4.48. The van der Waals surface area contributed by atoms with E-state index in [0.29, 0.717) is 11.3 Å². The Bertz CT molecular complexity index is 838. The van der Waals surface area contributed by atoms with E-state index in [-0.39, 0.29) is 12.2 Å². The van der Waals surface area contributed by atoms with Gasteiger partial charge in [0, 0.05) is 18.7 Å². The van der Waals surface area contributed by atoms with Crippen molar-refractivity contribution in [2.45, 2.75) is 19.1 Å². The van der Waals surface area contributed by atoms with Gasteiger partial charge in [0.05, 0.1) is 12.0 Å². The predicted octanol–water partition coefficient (Wildman–Crippen LogP) is 2.18. The molecule has 1 aromatic carbocycles. The minimum absolute atomic E-state index is 0.0851. The fourth-order valence-corrected chi connectivity index (χ4v) is 2.98. The maximum Gasteiger partial charge on any atom is 0.395 e. The number of aromatic nitrogens is 1. The molecule has 2 heterocycles. The highest BCUT2D eigenvalue weighted by atomic mass is 19.4. The van der Waals surface area contributed by atoms with Crippen LogP contribution in [0.2, 0.25) is 0 Å². The number of alkyl halides is 3. The Kier molecular flexibility index (Phi) is 5.57. The fourth-order valence-electron chi connectivity index (χ4n) is 2.98. The van der Waals surface area contributed by atoms with Crippen LogP contribution in [0.1, 0.15) is 16.1 Å². The molecule has 0 radical (unpaired) electrons. The quantitative estimate of drug-likeness (QED) is 0.836. The van der Waals surface area contributed by atoms with Crippen LogP contribution in [-0.2, 0) is 4.79 Å². The summed E-state index contributed by atoms with van der Waals surface area (Å²) in [6.07, 6.45) is -3.35. The lowest BCUT2D eigenvalue weighted by Gasteiger charge is -2.21. The van der Waals surface area contributed by atoms with Crippen LogP contribution in [0, 0.1) is 12.8 Å². The summed E-state index contributed by atoms with van der Waals surface area (Å²) in [6, 6.07) is 7.19. The van der Waals surface area contributed by atoms with E-state index in [0.717, 1.165) is 4.90 Å². The van der Waals surface area contributed by atoms with Gasteiger partial charge in [-0.3, -0.25) is 9.59 Å². The van der Waals surface area contributed by atoms with Crippen molar-refractivity contribution in [3.8, 4) is 5.75 Å². The van der Waals surface area contributed by atoms with E-state index in [4.69, 9.17) is 4.74 Å². The molecule has 3 rings (SSSR count). The molecule has 0 aliphatic carbocycles. The first-order valence-corrected chi connectivity index (χ1v) is 8.50. The van der Waals surface area contributed by atoms with Gasteiger partial charge in [0.25, 0.3) is 11.8 Å². The number of rotatable bonds is 5. The van der Waals surface area contributed by atoms with Gasteiger partial charge in [-0.15, -0.1) is 0 Å². The Labute approximate surface area is 158 Å². The molecule has 1 N–H and O–H groups in total. The third-order valence-electron chi connectivity index (χ3n) is 4.48. The summed E-state index contributed by atoms with van der Waals surface area (Å²) >= 11 is 0. The second kappa shape index (κ2) is 7.91. The molecule has 2 aromatic rings. The molecule has 0 unspecified atom stereocenters. The highest BCUT2D eigenvalue weighted by Crippen LogP contribution is 2.34. The summed E-state index contributed by atoms with van der Waals surface area (Å²) in [7, 11) is 0. The molecule has 1 aliphatic rings. The molecule has 2 atom stereocenters. The van der Waals surface area contributed by atoms with Gasteiger partial charge >= 0.3 is 6.18 Å². The Morgan fingerprint density at radius 3 is 2.61 bits per heavy atom. The van der Waals surface area contributed by atoms with Gasteiger partial charge in [-0.2, -0.15) is 13.2 Å². The zero-order valence-electron chi connectivity index (χ0n) is 14.9. The molecule has 10 heteroatoms. The van der Waals surface area contributed by atoms with Crippen molar-refractivity contribution in [2.24, 2.45) is 5.92 Å². The van der Waals surface area contributed by atoms with Crippen molar-refractivity contribution in [2.75, 3.05) is 19.7 Å². The zero-order chi connectivity index (χ0) is 20.3. The molecular formula is C18H18F3N3O4. The Morgan fingerprint density at radius 2 is 2.00 bits per heavy atom. The summed E-state index contributed by atoms with van der Waals surface area (Å²) in [5.74, 6) is -2.81. The second-order valence-electron chi connectivity index (χ2n) is 6.47. The van der Waals surface area contributed by atoms with Gasteiger partial charge in [-0.1, -0.05) is 23.4 Å². The normalized spacial score (nSPS) is 19.5. The van der Waals surface area contributed by atoms with E-state index < -0.39 is 43.1 Å². The number of nitrogens with zero attached hydrogens (tertiary/aromatic N) is 2. The van der Waals surface area contributed by atoms with Crippen LogP contribution in [0.15, 0.2) is 41.1 Å². The Morgan fingerprint density at radius 1 is 1.29 bits per heavy atom. The van der Waals surface area contributed by atoms with Crippen LogP contribution in [0.25, 0.3) is 0 Å². The van der Waals surface area contributed by atoms with Gasteiger partial charge in [-0.25, -0.2) is 0 Å². The molecule has 1 aliphatic heterocycles. The largest absolute Gasteiger partial charge is 0.484 e. The predicted molar refractivity (Wildman–Crippen MR) is 90.6 cm³/mol. The standard InChI is InChI=1S/C18H18F3N3O4/c1-11-9-28-23-16(11)17(26)22-14-8-24(7-13(14)18(19,20)21)15(25)10-27-12-5-3-2-4-6-12/h2-6,9,13-14H,7-8,10H2,1H3,(H,22,26)/t13-,14-/m1/s1. The molecule has 1 saturated heterocycles. The second-order valence-corrected chi connectivity index (χ2v) is 6.47. The summed E-state index contributed by atoms with van der Waals surface area (Å²) in [4.78, 5) is 25.6. The van der Waals surface area contributed by atoms with E-state index >= 15 is 0 Å². The summed E-state index contributed by atoms with van der Waals surface area (Å²) in [6.45, 7) is 0.336. The van der Waals surface area contributed by atoms with E-state index in [2.05, 4.69) is 15.0 Å². The van der Waals surface area contributed by atoms with Crippen molar-refractivity contribution in [1.29, 1.82) is 0 Å². The molecule has 0 saturated carbocycles. The number of ether oxygens (including phenoxy) is 1. The Hall–Kier alpha value is -3.04. The van der Waals surface area contributed by atoms with Crippen LogP contribution < -0.4 is 10.1 Å². The van der Waals surface area contributed by atoms with E-state index in [9.17, 15) is 22.8 Å². The van der Waals surface area contributed by atoms with Gasteiger partial charge in [-0.05, 0) is 19.1 Å². The molecular weight excluding hydrogens is 379 g/mol. The number of aryl methyl sites for hydroxylation is 1. The number of carbonyl (C=O) groups is 2. The highest BCUT2D eigenvalue weighted by molar-refractivity contribution is 5.93. The molecule has 1 fully saturated rings. The van der Waals surface area contributed by atoms with Gasteiger partial charge in [0.2, 0.25) is 0 Å². The maximum absolute atomic E-state index is 13.4. The van der Waals surface area contributed by atoms with E-state index in [1.54, 1.807) is 37.3 Å². The molecule has 28 heavy (non-hydrogen) atoms. The lowest BCUT2D eigenvalue weighted by atomic mass is 10.0. The first-order chi connectivity index (χ1) is 13.3. The molecule has 7 nitrogen and oxygen atoms in total. The number of hydrogen-bond acceptors (Lipinski definition) is 5. The van der Waals surface area contributed by atoms with E-state index in [1.165, 1.54) is 6.26 Å². The lowest BCUT2D eigenvalue weighted by molar-refractivity contribution is -0.175. The lowest BCUT2D eigenvalue weighted by Crippen LogP contribution is -2.45. The molecule has 0 spiro atoms. The van der Waals surface area contributed by atoms with Crippen LogP contribution >= 0.6 is 0 Å². The van der Waals surface area contributed by atoms with Crippen LogP contribution in [-0.4, -0.2) is 53.8 Å².